The van der Waals surface area contributed by atoms with Gasteiger partial charge in [-0.2, -0.15) is 13.2 Å². The first-order valence-electron chi connectivity index (χ1n) is 7.00. The highest BCUT2D eigenvalue weighted by molar-refractivity contribution is 5.30. The van der Waals surface area contributed by atoms with Crippen molar-refractivity contribution in [1.29, 1.82) is 0 Å². The molecule has 0 saturated heterocycles. The van der Waals surface area contributed by atoms with Crippen LogP contribution in [0.15, 0.2) is 41.0 Å². The van der Waals surface area contributed by atoms with E-state index in [0.29, 0.717) is 0 Å². The summed E-state index contributed by atoms with van der Waals surface area (Å²) in [6, 6.07) is 7.67. The van der Waals surface area contributed by atoms with E-state index in [2.05, 4.69) is 5.32 Å². The third kappa shape index (κ3) is 2.97. The highest BCUT2D eigenvalue weighted by atomic mass is 19.4. The van der Waals surface area contributed by atoms with E-state index < -0.39 is 11.7 Å². The van der Waals surface area contributed by atoms with Crippen molar-refractivity contribution in [1.82, 2.24) is 5.32 Å². The van der Waals surface area contributed by atoms with E-state index in [0.717, 1.165) is 36.7 Å². The molecule has 0 amide bonds. The number of fused-ring (bicyclic) bond motifs is 1. The topological polar surface area (TPSA) is 25.2 Å². The molecule has 5 heteroatoms. The molecule has 0 bridgehead atoms. The summed E-state index contributed by atoms with van der Waals surface area (Å²) in [4.78, 5) is 0. The molecule has 1 aliphatic carbocycles. The van der Waals surface area contributed by atoms with Crippen LogP contribution in [0.25, 0.3) is 0 Å². The zero-order chi connectivity index (χ0) is 14.9. The number of aryl methyl sites for hydroxylation is 1. The molecule has 1 aliphatic rings. The molecule has 1 aromatic carbocycles. The summed E-state index contributed by atoms with van der Waals surface area (Å²) in [7, 11) is 0. The van der Waals surface area contributed by atoms with Crippen LogP contribution >= 0.6 is 0 Å². The second kappa shape index (κ2) is 5.56. The summed E-state index contributed by atoms with van der Waals surface area (Å²) in [5.41, 5.74) is 0.784. The molecule has 0 radical (unpaired) electrons. The fraction of sp³-hybridized carbons (Fsp3) is 0.375. The van der Waals surface area contributed by atoms with E-state index in [1.54, 1.807) is 12.3 Å². The minimum atomic E-state index is -4.31. The minimum absolute atomic E-state index is 0.0637. The lowest BCUT2D eigenvalue weighted by Crippen LogP contribution is -2.25. The zero-order valence-electron chi connectivity index (χ0n) is 11.4. The summed E-state index contributed by atoms with van der Waals surface area (Å²) in [6.07, 6.45) is 0.138. The third-order valence-corrected chi connectivity index (χ3v) is 3.91. The quantitative estimate of drug-likeness (QED) is 0.904. The molecule has 21 heavy (non-hydrogen) atoms. The van der Waals surface area contributed by atoms with Gasteiger partial charge in [-0.25, -0.2) is 0 Å². The summed E-state index contributed by atoms with van der Waals surface area (Å²) in [5.74, 6) is 0.947. The van der Waals surface area contributed by atoms with Crippen molar-refractivity contribution >= 4 is 0 Å². The molecule has 1 heterocycles. The number of alkyl halides is 3. The number of furan rings is 1. The maximum Gasteiger partial charge on any atom is 0.416 e. The number of benzene rings is 1. The van der Waals surface area contributed by atoms with Gasteiger partial charge < -0.3 is 9.73 Å². The van der Waals surface area contributed by atoms with Crippen LogP contribution in [0.4, 0.5) is 13.2 Å². The van der Waals surface area contributed by atoms with Gasteiger partial charge in [-0.15, -0.1) is 0 Å². The fourth-order valence-corrected chi connectivity index (χ4v) is 2.88. The average molecular weight is 295 g/mol. The fourth-order valence-electron chi connectivity index (χ4n) is 2.88. The number of hydrogen-bond acceptors (Lipinski definition) is 2. The smallest absolute Gasteiger partial charge is 0.416 e. The lowest BCUT2D eigenvalue weighted by Gasteiger charge is -2.23. The first-order chi connectivity index (χ1) is 10.1. The summed E-state index contributed by atoms with van der Waals surface area (Å²) in [5, 5.41) is 3.23. The van der Waals surface area contributed by atoms with Crippen molar-refractivity contribution in [2.75, 3.05) is 0 Å². The van der Waals surface area contributed by atoms with Gasteiger partial charge in [0.15, 0.2) is 0 Å². The van der Waals surface area contributed by atoms with Gasteiger partial charge in [0, 0.05) is 24.6 Å². The molecule has 1 atom stereocenters. The molecule has 0 fully saturated rings. The molecule has 0 aliphatic heterocycles. The second-order valence-corrected chi connectivity index (χ2v) is 5.28. The predicted octanol–water partition coefficient (Wildman–Crippen LogP) is 4.47. The van der Waals surface area contributed by atoms with E-state index >= 15 is 0 Å². The average Bonchev–Trinajstić information content (AvgIpc) is 2.93. The van der Waals surface area contributed by atoms with Crippen molar-refractivity contribution in [2.45, 2.75) is 38.0 Å². The molecule has 2 aromatic rings. The normalized spacial score (nSPS) is 18.5. The molecule has 3 rings (SSSR count). The van der Waals surface area contributed by atoms with Crippen LogP contribution in [0.1, 0.15) is 41.3 Å². The van der Waals surface area contributed by atoms with Crippen molar-refractivity contribution < 1.29 is 17.6 Å². The zero-order valence-corrected chi connectivity index (χ0v) is 11.4. The highest BCUT2D eigenvalue weighted by Gasteiger charge is 2.33. The Kier molecular flexibility index (Phi) is 3.76. The Hall–Kier alpha value is -1.75. The Morgan fingerprint density at radius 3 is 2.81 bits per heavy atom. The molecule has 2 nitrogen and oxygen atoms in total. The Labute approximate surface area is 121 Å². The lowest BCUT2D eigenvalue weighted by atomic mass is 9.93. The van der Waals surface area contributed by atoms with Gasteiger partial charge in [-0.1, -0.05) is 18.2 Å². The summed E-state index contributed by atoms with van der Waals surface area (Å²) in [6.45, 7) is 0.199. The van der Waals surface area contributed by atoms with Crippen LogP contribution < -0.4 is 5.32 Å². The van der Waals surface area contributed by atoms with Crippen molar-refractivity contribution in [3.63, 3.8) is 0 Å². The summed E-state index contributed by atoms with van der Waals surface area (Å²) >= 11 is 0. The molecule has 0 spiro atoms. The third-order valence-electron chi connectivity index (χ3n) is 3.91. The van der Waals surface area contributed by atoms with Crippen LogP contribution in [0.5, 0.6) is 0 Å². The van der Waals surface area contributed by atoms with E-state index in [1.165, 1.54) is 12.1 Å². The van der Waals surface area contributed by atoms with Gasteiger partial charge in [0.05, 0.1) is 11.8 Å². The van der Waals surface area contributed by atoms with Crippen LogP contribution in [0.3, 0.4) is 0 Å². The van der Waals surface area contributed by atoms with Crippen molar-refractivity contribution in [2.24, 2.45) is 0 Å². The van der Waals surface area contributed by atoms with Gasteiger partial charge in [0.25, 0.3) is 0 Å². The maximum absolute atomic E-state index is 13.0. The van der Waals surface area contributed by atoms with Gasteiger partial charge in [0.2, 0.25) is 0 Å². The standard InChI is InChI=1S/C16H16F3NO/c17-16(18,19)13-5-2-1-4-11(13)10-20-14-6-3-7-15-12(14)8-9-21-15/h1-2,4-5,8-9,14,20H,3,6-7,10H2. The van der Waals surface area contributed by atoms with Crippen LogP contribution in [0, 0.1) is 0 Å². The van der Waals surface area contributed by atoms with Crippen molar-refractivity contribution in [3.05, 3.63) is 59.0 Å². The Bertz CT molecular complexity index is 618. The predicted molar refractivity (Wildman–Crippen MR) is 72.7 cm³/mol. The molecule has 1 unspecified atom stereocenters. The molecular weight excluding hydrogens is 279 g/mol. The first kappa shape index (κ1) is 14.2. The number of halogens is 3. The van der Waals surface area contributed by atoms with Crippen LogP contribution in [-0.4, -0.2) is 0 Å². The molecule has 0 saturated carbocycles. The monoisotopic (exact) mass is 295 g/mol. The van der Waals surface area contributed by atoms with Crippen molar-refractivity contribution in [3.8, 4) is 0 Å². The lowest BCUT2D eigenvalue weighted by molar-refractivity contribution is -0.138. The molecule has 1 aromatic heterocycles. The van der Waals surface area contributed by atoms with Gasteiger partial charge >= 0.3 is 6.18 Å². The number of hydrogen-bond donors (Lipinski definition) is 1. The highest BCUT2D eigenvalue weighted by Crippen LogP contribution is 2.33. The Morgan fingerprint density at radius 1 is 1.19 bits per heavy atom. The number of nitrogens with one attached hydrogen (secondary N) is 1. The second-order valence-electron chi connectivity index (χ2n) is 5.28. The van der Waals surface area contributed by atoms with E-state index in [-0.39, 0.29) is 18.2 Å². The van der Waals surface area contributed by atoms with Gasteiger partial charge in [0.1, 0.15) is 5.76 Å². The largest absolute Gasteiger partial charge is 0.469 e. The Balaban J connectivity index is 1.75. The minimum Gasteiger partial charge on any atom is -0.469 e. The SMILES string of the molecule is FC(F)(F)c1ccccc1CNC1CCCc2occc21. The number of rotatable bonds is 3. The van der Waals surface area contributed by atoms with Crippen LogP contribution in [0.2, 0.25) is 0 Å². The van der Waals surface area contributed by atoms with E-state index in [1.807, 2.05) is 6.07 Å². The molecule has 1 N–H and O–H groups in total. The first-order valence-corrected chi connectivity index (χ1v) is 7.00. The molecule has 112 valence electrons. The summed E-state index contributed by atoms with van der Waals surface area (Å²) < 4.78 is 44.3. The van der Waals surface area contributed by atoms with Gasteiger partial charge in [-0.3, -0.25) is 0 Å². The van der Waals surface area contributed by atoms with E-state index in [9.17, 15) is 13.2 Å². The Morgan fingerprint density at radius 2 is 2.00 bits per heavy atom. The molecular formula is C16H16F3NO. The van der Waals surface area contributed by atoms with Gasteiger partial charge in [-0.05, 0) is 30.5 Å². The van der Waals surface area contributed by atoms with E-state index in [4.69, 9.17) is 4.42 Å². The maximum atomic E-state index is 13.0. The van der Waals surface area contributed by atoms with Crippen LogP contribution in [-0.2, 0) is 19.1 Å².